The van der Waals surface area contributed by atoms with Crippen LogP contribution in [0.5, 0.6) is 0 Å². The fourth-order valence-electron chi connectivity index (χ4n) is 3.89. The van der Waals surface area contributed by atoms with Crippen LogP contribution < -0.4 is 16.0 Å². The van der Waals surface area contributed by atoms with Gasteiger partial charge in [-0.1, -0.05) is 29.8 Å². The van der Waals surface area contributed by atoms with Gasteiger partial charge in [0.15, 0.2) is 5.82 Å². The van der Waals surface area contributed by atoms with E-state index >= 15 is 0 Å². The largest absolute Gasteiger partial charge is 0.416 e. The molecule has 1 aromatic carbocycles. The number of nitrogens with zero attached hydrogens (tertiary/aromatic N) is 2. The number of hydrogen-bond acceptors (Lipinski definition) is 6. The average molecular weight is 550 g/mol. The standard InChI is InChI=1S/C24H23ClF3N7O3/c1-29-21-19(13-6-7-18(15(25)9-13)38-23(37)30-2)20(34-35-21)16-10-17(33-32-16)22(36)31-11-12-4-3-5-14(8-12)24(26,27)28/h3-8,10,13H,9,11H2,1-2H3,(H,30,37)(H,31,36)(H,32,33)(H2,29,34,35). The highest BCUT2D eigenvalue weighted by Gasteiger charge is 2.30. The van der Waals surface area contributed by atoms with Gasteiger partial charge in [-0.25, -0.2) is 4.79 Å². The van der Waals surface area contributed by atoms with E-state index in [0.29, 0.717) is 34.2 Å². The van der Waals surface area contributed by atoms with Gasteiger partial charge >= 0.3 is 12.3 Å². The molecule has 1 unspecified atom stereocenters. The maximum Gasteiger partial charge on any atom is 0.416 e. The Hall–Kier alpha value is -4.26. The van der Waals surface area contributed by atoms with Gasteiger partial charge in [-0.05, 0) is 36.3 Å². The first kappa shape index (κ1) is 26.8. The highest BCUT2D eigenvalue weighted by Crippen LogP contribution is 2.40. The number of alkyl carbamates (subject to hydrolysis) is 1. The number of carbonyl (C=O) groups is 2. The second-order valence-electron chi connectivity index (χ2n) is 8.24. The molecule has 14 heteroatoms. The van der Waals surface area contributed by atoms with Gasteiger partial charge < -0.3 is 20.7 Å². The van der Waals surface area contributed by atoms with Crippen LogP contribution in [0.3, 0.4) is 0 Å². The van der Waals surface area contributed by atoms with Crippen LogP contribution in [-0.4, -0.2) is 46.5 Å². The van der Waals surface area contributed by atoms with Crippen LogP contribution in [0.15, 0.2) is 53.3 Å². The number of ether oxygens (including phenoxy) is 1. The molecule has 3 aromatic rings. The number of carbonyl (C=O) groups excluding carboxylic acids is 2. The minimum Gasteiger partial charge on any atom is -0.409 e. The van der Waals surface area contributed by atoms with Crippen molar-refractivity contribution in [2.45, 2.75) is 25.1 Å². The van der Waals surface area contributed by atoms with Gasteiger partial charge in [0.2, 0.25) is 0 Å². The minimum absolute atomic E-state index is 0.103. The summed E-state index contributed by atoms with van der Waals surface area (Å²) in [5.74, 6) is -0.0348. The smallest absolute Gasteiger partial charge is 0.409 e. The molecular formula is C24H23ClF3N7O3. The number of benzene rings is 1. The van der Waals surface area contributed by atoms with E-state index in [0.717, 1.165) is 17.7 Å². The quantitative estimate of drug-likeness (QED) is 0.291. The molecule has 1 atom stereocenters. The van der Waals surface area contributed by atoms with Crippen LogP contribution in [-0.2, 0) is 17.5 Å². The third kappa shape index (κ3) is 5.83. The molecule has 2 amide bonds. The van der Waals surface area contributed by atoms with Gasteiger partial charge in [0.25, 0.3) is 5.91 Å². The molecule has 5 N–H and O–H groups in total. The highest BCUT2D eigenvalue weighted by molar-refractivity contribution is 6.30. The molecule has 0 spiro atoms. The Balaban J connectivity index is 1.50. The molecule has 10 nitrogen and oxygen atoms in total. The minimum atomic E-state index is -4.47. The summed E-state index contributed by atoms with van der Waals surface area (Å²) >= 11 is 6.39. The van der Waals surface area contributed by atoms with Crippen molar-refractivity contribution >= 4 is 29.4 Å². The lowest BCUT2D eigenvalue weighted by Crippen LogP contribution is -2.23. The fraction of sp³-hybridized carbons (Fsp3) is 0.250. The van der Waals surface area contributed by atoms with Gasteiger partial charge in [0.1, 0.15) is 17.1 Å². The van der Waals surface area contributed by atoms with Crippen LogP contribution in [0.2, 0.25) is 0 Å². The Morgan fingerprint density at radius 2 is 1.97 bits per heavy atom. The predicted molar refractivity (Wildman–Crippen MR) is 133 cm³/mol. The molecule has 0 fully saturated rings. The van der Waals surface area contributed by atoms with Crippen LogP contribution in [0.25, 0.3) is 11.4 Å². The van der Waals surface area contributed by atoms with Crippen molar-refractivity contribution in [2.24, 2.45) is 0 Å². The van der Waals surface area contributed by atoms with Gasteiger partial charge in [-0.3, -0.25) is 15.0 Å². The summed E-state index contributed by atoms with van der Waals surface area (Å²) in [6.45, 7) is -0.103. The number of amides is 2. The van der Waals surface area contributed by atoms with Crippen LogP contribution in [0.4, 0.5) is 23.8 Å². The molecule has 0 bridgehead atoms. The Bertz CT molecular complexity index is 1410. The van der Waals surface area contributed by atoms with E-state index in [1.165, 1.54) is 25.2 Å². The highest BCUT2D eigenvalue weighted by atomic mass is 35.5. The molecule has 0 saturated heterocycles. The van der Waals surface area contributed by atoms with Gasteiger partial charge in [-0.2, -0.15) is 23.4 Å². The third-order valence-electron chi connectivity index (χ3n) is 5.75. The van der Waals surface area contributed by atoms with Gasteiger partial charge in [-0.15, -0.1) is 0 Å². The van der Waals surface area contributed by atoms with Gasteiger partial charge in [0.05, 0.1) is 16.3 Å². The summed E-state index contributed by atoms with van der Waals surface area (Å²) in [7, 11) is 3.14. The molecule has 200 valence electrons. The number of alkyl halides is 3. The van der Waals surface area contributed by atoms with Crippen molar-refractivity contribution in [1.29, 1.82) is 0 Å². The lowest BCUT2D eigenvalue weighted by Gasteiger charge is -2.19. The number of halogens is 4. The Labute approximate surface area is 219 Å². The van der Waals surface area contributed by atoms with Crippen molar-refractivity contribution in [2.75, 3.05) is 19.4 Å². The van der Waals surface area contributed by atoms with Crippen molar-refractivity contribution < 1.29 is 27.5 Å². The predicted octanol–water partition coefficient (Wildman–Crippen LogP) is 4.64. The molecule has 2 heterocycles. The molecule has 0 saturated carbocycles. The molecule has 2 aromatic heterocycles. The maximum atomic E-state index is 12.9. The normalized spacial score (nSPS) is 15.4. The lowest BCUT2D eigenvalue weighted by atomic mass is 9.90. The summed E-state index contributed by atoms with van der Waals surface area (Å²) in [6, 6.07) is 6.23. The third-order valence-corrected chi connectivity index (χ3v) is 6.09. The number of rotatable bonds is 7. The van der Waals surface area contributed by atoms with Crippen LogP contribution in [0, 0.1) is 0 Å². The van der Waals surface area contributed by atoms with Crippen molar-refractivity contribution in [3.05, 3.63) is 75.7 Å². The first-order chi connectivity index (χ1) is 18.1. The SMILES string of the molecule is CNC(=O)OC1=C(Cl)CC(c2c(NC)n[nH]c2-c2cc(C(=O)NCc3cccc(C(F)(F)F)c3)[nH]n2)C=C1. The second kappa shape index (κ2) is 11.0. The molecular weight excluding hydrogens is 527 g/mol. The van der Waals surface area contributed by atoms with E-state index in [-0.39, 0.29) is 23.9 Å². The van der Waals surface area contributed by atoms with E-state index in [1.807, 2.05) is 6.08 Å². The Morgan fingerprint density at radius 1 is 1.18 bits per heavy atom. The summed E-state index contributed by atoms with van der Waals surface area (Å²) in [4.78, 5) is 24.2. The molecule has 0 radical (unpaired) electrons. The van der Waals surface area contributed by atoms with Gasteiger partial charge in [0, 0.05) is 32.1 Å². The zero-order valence-electron chi connectivity index (χ0n) is 20.2. The van der Waals surface area contributed by atoms with Crippen molar-refractivity contribution in [3.8, 4) is 11.4 Å². The lowest BCUT2D eigenvalue weighted by molar-refractivity contribution is -0.137. The number of nitrogens with one attached hydrogen (secondary N) is 5. The van der Waals surface area contributed by atoms with E-state index in [1.54, 1.807) is 13.1 Å². The summed E-state index contributed by atoms with van der Waals surface area (Å²) < 4.78 is 44.0. The Kier molecular flexibility index (Phi) is 7.76. The second-order valence-corrected chi connectivity index (χ2v) is 8.69. The fourth-order valence-corrected chi connectivity index (χ4v) is 4.16. The number of allylic oxidation sites excluding steroid dienone is 3. The average Bonchev–Trinajstić information content (AvgIpc) is 3.55. The zero-order valence-corrected chi connectivity index (χ0v) is 20.9. The topological polar surface area (TPSA) is 137 Å². The summed E-state index contributed by atoms with van der Waals surface area (Å²) in [6.07, 6.45) is -1.39. The molecule has 1 aliphatic rings. The van der Waals surface area contributed by atoms with Crippen molar-refractivity contribution in [3.63, 3.8) is 0 Å². The van der Waals surface area contributed by atoms with E-state index < -0.39 is 23.7 Å². The summed E-state index contributed by atoms with van der Waals surface area (Å²) in [5.41, 5.74) is 1.26. The van der Waals surface area contributed by atoms with Crippen molar-refractivity contribution in [1.82, 2.24) is 31.0 Å². The summed E-state index contributed by atoms with van der Waals surface area (Å²) in [5, 5.41) is 22.3. The zero-order chi connectivity index (χ0) is 27.4. The van der Waals surface area contributed by atoms with E-state index in [2.05, 4.69) is 36.3 Å². The number of anilines is 1. The maximum absolute atomic E-state index is 12.9. The van der Waals surface area contributed by atoms with E-state index in [4.69, 9.17) is 16.3 Å². The molecule has 4 rings (SSSR count). The first-order valence-corrected chi connectivity index (χ1v) is 11.7. The van der Waals surface area contributed by atoms with Crippen LogP contribution >= 0.6 is 11.6 Å². The monoisotopic (exact) mass is 549 g/mol. The Morgan fingerprint density at radius 3 is 2.66 bits per heavy atom. The number of aromatic nitrogens is 4. The van der Waals surface area contributed by atoms with E-state index in [9.17, 15) is 22.8 Å². The number of hydrogen-bond donors (Lipinski definition) is 5. The molecule has 0 aliphatic heterocycles. The molecule has 1 aliphatic carbocycles. The number of aromatic amines is 2. The van der Waals surface area contributed by atoms with Crippen LogP contribution in [0.1, 0.15) is 39.5 Å². The molecule has 38 heavy (non-hydrogen) atoms. The number of H-pyrrole nitrogens is 2. The first-order valence-electron chi connectivity index (χ1n) is 11.3.